The van der Waals surface area contributed by atoms with Crippen molar-refractivity contribution in [2.45, 2.75) is 29.9 Å². The fourth-order valence-electron chi connectivity index (χ4n) is 4.47. The van der Waals surface area contributed by atoms with Crippen LogP contribution in [0.5, 0.6) is 0 Å². The van der Waals surface area contributed by atoms with E-state index in [1.165, 1.54) is 0 Å². The van der Waals surface area contributed by atoms with Gasteiger partial charge in [-0.3, -0.25) is 4.79 Å². The smallest absolute Gasteiger partial charge is 0.253 e. The average Bonchev–Trinajstić information content (AvgIpc) is 3.31. The number of pyridine rings is 1. The summed E-state index contributed by atoms with van der Waals surface area (Å²) >= 11 is 0. The quantitative estimate of drug-likeness (QED) is 0.586. The molecule has 174 valence electrons. The molecule has 0 atom stereocenters. The fraction of sp³-hybridized carbons (Fsp3) is 0.391. The lowest BCUT2D eigenvalue weighted by atomic mass is 9.91. The third kappa shape index (κ3) is 4.51. The zero-order chi connectivity index (χ0) is 22.9. The molecule has 2 fully saturated rings. The topological polar surface area (TPSA) is 105 Å². The maximum Gasteiger partial charge on any atom is 0.253 e. The SMILES string of the molecule is O=C(NCc1ccc(S(=O)(=O)N2CCOC3(CCNCC3)C2)cc1)c1ccc2nccn2c1. The summed E-state index contributed by atoms with van der Waals surface area (Å²) in [6.45, 7) is 3.13. The average molecular weight is 470 g/mol. The minimum absolute atomic E-state index is 0.206. The number of ether oxygens (including phenoxy) is 1. The largest absolute Gasteiger partial charge is 0.372 e. The van der Waals surface area contributed by atoms with Gasteiger partial charge in [0.15, 0.2) is 0 Å². The molecule has 9 nitrogen and oxygen atoms in total. The van der Waals surface area contributed by atoms with E-state index in [1.807, 2.05) is 0 Å². The molecule has 3 aromatic rings. The molecule has 0 unspecified atom stereocenters. The lowest BCUT2D eigenvalue weighted by Gasteiger charge is -2.44. The van der Waals surface area contributed by atoms with Crippen LogP contribution in [0.15, 0.2) is 59.9 Å². The van der Waals surface area contributed by atoms with Crippen LogP contribution in [0, 0.1) is 0 Å². The molecule has 2 saturated heterocycles. The Kier molecular flexibility index (Phi) is 5.92. The molecule has 2 N–H and O–H groups in total. The first kappa shape index (κ1) is 22.0. The summed E-state index contributed by atoms with van der Waals surface area (Å²) < 4.78 is 35.8. The number of hydrogen-bond donors (Lipinski definition) is 2. The highest BCUT2D eigenvalue weighted by Crippen LogP contribution is 2.30. The molecule has 1 aromatic carbocycles. The van der Waals surface area contributed by atoms with Crippen LogP contribution in [0.2, 0.25) is 0 Å². The number of carbonyl (C=O) groups is 1. The van der Waals surface area contributed by atoms with E-state index in [9.17, 15) is 13.2 Å². The Hall–Kier alpha value is -2.79. The highest BCUT2D eigenvalue weighted by atomic mass is 32.2. The number of aromatic nitrogens is 2. The Bertz CT molecular complexity index is 1240. The molecule has 10 heteroatoms. The van der Waals surface area contributed by atoms with Crippen molar-refractivity contribution in [1.29, 1.82) is 0 Å². The van der Waals surface area contributed by atoms with Crippen LogP contribution in [0.4, 0.5) is 0 Å². The van der Waals surface area contributed by atoms with E-state index in [2.05, 4.69) is 15.6 Å². The number of benzene rings is 1. The molecular formula is C23H27N5O4S. The van der Waals surface area contributed by atoms with Gasteiger partial charge in [-0.2, -0.15) is 4.31 Å². The molecule has 1 spiro atoms. The van der Waals surface area contributed by atoms with Crippen molar-refractivity contribution in [3.8, 4) is 0 Å². The van der Waals surface area contributed by atoms with Crippen LogP contribution in [0.25, 0.3) is 5.65 Å². The number of hydrogen-bond acceptors (Lipinski definition) is 6. The second kappa shape index (κ2) is 8.86. The van der Waals surface area contributed by atoms with E-state index >= 15 is 0 Å². The number of amides is 1. The molecule has 0 radical (unpaired) electrons. The van der Waals surface area contributed by atoms with Gasteiger partial charge in [0.25, 0.3) is 5.91 Å². The molecule has 33 heavy (non-hydrogen) atoms. The number of fused-ring (bicyclic) bond motifs is 1. The number of morpholine rings is 1. The summed E-state index contributed by atoms with van der Waals surface area (Å²) in [5.41, 5.74) is 1.73. The second-order valence-electron chi connectivity index (χ2n) is 8.56. The molecule has 4 heterocycles. The molecule has 2 aliphatic rings. The summed E-state index contributed by atoms with van der Waals surface area (Å²) in [7, 11) is -3.61. The van der Waals surface area contributed by atoms with Gasteiger partial charge in [-0.1, -0.05) is 12.1 Å². The Labute approximate surface area is 192 Å². The predicted octanol–water partition coefficient (Wildman–Crippen LogP) is 1.41. The fourth-order valence-corrected chi connectivity index (χ4v) is 5.97. The first-order chi connectivity index (χ1) is 16.0. The zero-order valence-electron chi connectivity index (χ0n) is 18.2. The maximum absolute atomic E-state index is 13.2. The summed E-state index contributed by atoms with van der Waals surface area (Å²) in [6.07, 6.45) is 6.81. The molecule has 2 aliphatic heterocycles. The number of rotatable bonds is 5. The first-order valence-electron chi connectivity index (χ1n) is 11.1. The van der Waals surface area contributed by atoms with Crippen LogP contribution in [0.3, 0.4) is 0 Å². The molecule has 0 bridgehead atoms. The second-order valence-corrected chi connectivity index (χ2v) is 10.5. The Morgan fingerprint density at radius 2 is 1.94 bits per heavy atom. The van der Waals surface area contributed by atoms with Gasteiger partial charge < -0.3 is 19.8 Å². The van der Waals surface area contributed by atoms with E-state index < -0.39 is 10.0 Å². The lowest BCUT2D eigenvalue weighted by molar-refractivity contribution is -0.105. The van der Waals surface area contributed by atoms with Gasteiger partial charge in [-0.05, 0) is 55.8 Å². The van der Waals surface area contributed by atoms with Crippen LogP contribution < -0.4 is 10.6 Å². The molecule has 0 aliphatic carbocycles. The van der Waals surface area contributed by atoms with Crippen LogP contribution >= 0.6 is 0 Å². The van der Waals surface area contributed by atoms with Gasteiger partial charge in [0.1, 0.15) is 5.65 Å². The first-order valence-corrected chi connectivity index (χ1v) is 12.5. The molecule has 1 amide bonds. The van der Waals surface area contributed by atoms with Gasteiger partial charge in [0.05, 0.1) is 22.7 Å². The van der Waals surface area contributed by atoms with Gasteiger partial charge in [0.2, 0.25) is 10.0 Å². The van der Waals surface area contributed by atoms with Crippen molar-refractivity contribution in [3.63, 3.8) is 0 Å². The third-order valence-corrected chi connectivity index (χ3v) is 8.25. The number of nitrogens with one attached hydrogen (secondary N) is 2. The third-order valence-electron chi connectivity index (χ3n) is 6.39. The van der Waals surface area contributed by atoms with Gasteiger partial charge in [-0.15, -0.1) is 0 Å². The monoisotopic (exact) mass is 469 g/mol. The molecule has 2 aromatic heterocycles. The van der Waals surface area contributed by atoms with Gasteiger partial charge in [0, 0.05) is 38.2 Å². The zero-order valence-corrected chi connectivity index (χ0v) is 19.1. The van der Waals surface area contributed by atoms with Crippen LogP contribution in [0.1, 0.15) is 28.8 Å². The van der Waals surface area contributed by atoms with Crippen molar-refractivity contribution in [3.05, 3.63) is 66.1 Å². The van der Waals surface area contributed by atoms with E-state index in [1.54, 1.807) is 63.7 Å². The normalized spacial score (nSPS) is 19.0. The molecular weight excluding hydrogens is 442 g/mol. The number of sulfonamides is 1. The van der Waals surface area contributed by atoms with E-state index in [4.69, 9.17) is 4.74 Å². The molecule has 0 saturated carbocycles. The number of imidazole rings is 1. The highest BCUT2D eigenvalue weighted by Gasteiger charge is 2.41. The van der Waals surface area contributed by atoms with Crippen LogP contribution in [-0.4, -0.2) is 66.4 Å². The summed E-state index contributed by atoms with van der Waals surface area (Å²) in [4.78, 5) is 16.9. The van der Waals surface area contributed by atoms with Gasteiger partial charge in [-0.25, -0.2) is 13.4 Å². The number of nitrogens with zero attached hydrogens (tertiary/aromatic N) is 3. The highest BCUT2D eigenvalue weighted by molar-refractivity contribution is 7.89. The van der Waals surface area contributed by atoms with Crippen LogP contribution in [-0.2, 0) is 21.3 Å². The predicted molar refractivity (Wildman–Crippen MR) is 122 cm³/mol. The van der Waals surface area contributed by atoms with Gasteiger partial charge >= 0.3 is 0 Å². The summed E-state index contributed by atoms with van der Waals surface area (Å²) in [5.74, 6) is -0.206. The summed E-state index contributed by atoms with van der Waals surface area (Å²) in [6, 6.07) is 10.2. The minimum atomic E-state index is -3.61. The molecule has 5 rings (SSSR count). The standard InChI is InChI=1S/C23H27N5O4S/c29-22(19-3-6-21-25-11-12-27(21)16-19)26-15-18-1-4-20(5-2-18)33(30,31)28-13-14-32-23(17-28)7-9-24-10-8-23/h1-6,11-12,16,24H,7-10,13-15,17H2,(H,26,29). The van der Waals surface area contributed by atoms with E-state index in [0.29, 0.717) is 31.8 Å². The lowest BCUT2D eigenvalue weighted by Crippen LogP contribution is -2.57. The van der Waals surface area contributed by atoms with Crippen molar-refractivity contribution in [2.75, 3.05) is 32.8 Å². The Morgan fingerprint density at radius 1 is 1.15 bits per heavy atom. The van der Waals surface area contributed by atoms with Crippen molar-refractivity contribution in [2.24, 2.45) is 0 Å². The number of piperidine rings is 1. The Balaban J connectivity index is 1.23. The number of carbonyl (C=O) groups excluding carboxylic acids is 1. The van der Waals surface area contributed by atoms with Crippen molar-refractivity contribution >= 4 is 21.6 Å². The van der Waals surface area contributed by atoms with Crippen molar-refractivity contribution < 1.29 is 17.9 Å². The maximum atomic E-state index is 13.2. The Morgan fingerprint density at radius 3 is 2.73 bits per heavy atom. The summed E-state index contributed by atoms with van der Waals surface area (Å²) in [5, 5.41) is 6.18. The minimum Gasteiger partial charge on any atom is -0.372 e. The van der Waals surface area contributed by atoms with E-state index in [-0.39, 0.29) is 16.4 Å². The van der Waals surface area contributed by atoms with Crippen molar-refractivity contribution in [1.82, 2.24) is 24.3 Å². The van der Waals surface area contributed by atoms with E-state index in [0.717, 1.165) is 37.1 Å².